The number of nitrogens with zero attached hydrogens (tertiary/aromatic N) is 2. The fraction of sp³-hybridized carbons (Fsp3) is 0.385. The number of amides is 2. The summed E-state index contributed by atoms with van der Waals surface area (Å²) in [7, 11) is 3.09. The maximum Gasteiger partial charge on any atom is 0.282 e. The van der Waals surface area contributed by atoms with Crippen LogP contribution in [0.3, 0.4) is 0 Å². The molecule has 0 aliphatic carbocycles. The average Bonchev–Trinajstić information content (AvgIpc) is 3.05. The molecule has 168 valence electrons. The van der Waals surface area contributed by atoms with E-state index in [1.54, 1.807) is 25.3 Å². The zero-order valence-corrected chi connectivity index (χ0v) is 19.4. The average molecular weight is 435 g/mol. The van der Waals surface area contributed by atoms with Gasteiger partial charge in [-0.1, -0.05) is 25.1 Å². The van der Waals surface area contributed by atoms with Crippen molar-refractivity contribution in [3.05, 3.63) is 58.8 Å². The fourth-order valence-electron chi connectivity index (χ4n) is 4.56. The van der Waals surface area contributed by atoms with Crippen molar-refractivity contribution in [2.75, 3.05) is 32.2 Å². The molecule has 1 fully saturated rings. The van der Waals surface area contributed by atoms with Crippen LogP contribution >= 0.6 is 0 Å². The normalized spacial score (nSPS) is 19.1. The molecule has 0 bridgehead atoms. The van der Waals surface area contributed by atoms with Gasteiger partial charge in [-0.2, -0.15) is 0 Å². The number of rotatable bonds is 5. The van der Waals surface area contributed by atoms with Crippen LogP contribution in [0.15, 0.2) is 42.1 Å². The minimum absolute atomic E-state index is 0.287. The zero-order valence-electron chi connectivity index (χ0n) is 19.4. The number of likely N-dealkylation sites (tertiary alicyclic amines) is 1. The van der Waals surface area contributed by atoms with Gasteiger partial charge in [0.25, 0.3) is 11.8 Å². The van der Waals surface area contributed by atoms with E-state index in [2.05, 4.69) is 11.8 Å². The fourth-order valence-corrected chi connectivity index (χ4v) is 4.56. The van der Waals surface area contributed by atoms with Gasteiger partial charge in [0.1, 0.15) is 5.70 Å². The molecule has 0 spiro atoms. The molecule has 2 aliphatic heterocycles. The molecule has 2 aliphatic rings. The standard InChI is InChI=1S/C26H30N2O4/c1-16-7-6-12-27(15-16)24-23(19-9-8-17(2)18(3)13-19)25(29)28(26(24)30)20-10-11-21(31-4)22(14-20)32-5/h8-11,13-14,16H,6-7,12,15H2,1-5H3. The number of piperidine rings is 1. The quantitative estimate of drug-likeness (QED) is 0.656. The number of ether oxygens (including phenoxy) is 2. The van der Waals surface area contributed by atoms with Gasteiger partial charge in [0, 0.05) is 19.2 Å². The Labute approximate surface area is 189 Å². The molecule has 1 unspecified atom stereocenters. The molecule has 0 saturated carbocycles. The molecule has 1 saturated heterocycles. The predicted molar refractivity (Wildman–Crippen MR) is 125 cm³/mol. The van der Waals surface area contributed by atoms with E-state index in [4.69, 9.17) is 9.47 Å². The van der Waals surface area contributed by atoms with Gasteiger partial charge < -0.3 is 14.4 Å². The van der Waals surface area contributed by atoms with Crippen LogP contribution in [0, 0.1) is 19.8 Å². The summed E-state index contributed by atoms with van der Waals surface area (Å²) in [4.78, 5) is 30.9. The van der Waals surface area contributed by atoms with Crippen molar-refractivity contribution < 1.29 is 19.1 Å². The Kier molecular flexibility index (Phi) is 5.96. The lowest BCUT2D eigenvalue weighted by atomic mass is 9.96. The highest BCUT2D eigenvalue weighted by molar-refractivity contribution is 6.45. The summed E-state index contributed by atoms with van der Waals surface area (Å²) < 4.78 is 10.7. The van der Waals surface area contributed by atoms with Crippen LogP contribution < -0.4 is 14.4 Å². The van der Waals surface area contributed by atoms with E-state index in [1.807, 2.05) is 32.0 Å². The first-order valence-electron chi connectivity index (χ1n) is 11.0. The number of aryl methyl sites for hydroxylation is 2. The number of imide groups is 1. The Morgan fingerprint density at radius 3 is 2.31 bits per heavy atom. The lowest BCUT2D eigenvalue weighted by molar-refractivity contribution is -0.120. The van der Waals surface area contributed by atoms with Gasteiger partial charge in [0.15, 0.2) is 11.5 Å². The molecular weight excluding hydrogens is 404 g/mol. The van der Waals surface area contributed by atoms with Crippen molar-refractivity contribution in [3.63, 3.8) is 0 Å². The molecule has 0 aromatic heterocycles. The van der Waals surface area contributed by atoms with Gasteiger partial charge in [0.2, 0.25) is 0 Å². The highest BCUT2D eigenvalue weighted by Crippen LogP contribution is 2.39. The summed E-state index contributed by atoms with van der Waals surface area (Å²) in [5.74, 6) is 0.889. The Morgan fingerprint density at radius 2 is 1.66 bits per heavy atom. The Balaban J connectivity index is 1.84. The second-order valence-corrected chi connectivity index (χ2v) is 8.70. The van der Waals surface area contributed by atoms with Crippen LogP contribution in [0.2, 0.25) is 0 Å². The summed E-state index contributed by atoms with van der Waals surface area (Å²) in [6.07, 6.45) is 2.13. The molecule has 2 aromatic rings. The largest absolute Gasteiger partial charge is 0.493 e. The highest BCUT2D eigenvalue weighted by Gasteiger charge is 2.43. The molecule has 4 rings (SSSR count). The first-order valence-corrected chi connectivity index (χ1v) is 11.0. The van der Waals surface area contributed by atoms with Crippen molar-refractivity contribution in [1.82, 2.24) is 4.90 Å². The third kappa shape index (κ3) is 3.74. The van der Waals surface area contributed by atoms with Crippen LogP contribution in [-0.4, -0.2) is 44.0 Å². The number of carbonyl (C=O) groups is 2. The van der Waals surface area contributed by atoms with Gasteiger partial charge in [-0.05, 0) is 61.4 Å². The number of anilines is 1. The third-order valence-corrected chi connectivity index (χ3v) is 6.45. The topological polar surface area (TPSA) is 59.1 Å². The maximum absolute atomic E-state index is 13.8. The molecule has 1 atom stereocenters. The molecule has 0 N–H and O–H groups in total. The van der Waals surface area contributed by atoms with E-state index >= 15 is 0 Å². The van der Waals surface area contributed by atoms with Crippen molar-refractivity contribution in [2.45, 2.75) is 33.6 Å². The zero-order chi connectivity index (χ0) is 23.0. The molecule has 6 heteroatoms. The Bertz CT molecular complexity index is 1110. The van der Waals surface area contributed by atoms with E-state index in [0.717, 1.165) is 42.6 Å². The molecule has 0 radical (unpaired) electrons. The van der Waals surface area contributed by atoms with E-state index in [9.17, 15) is 9.59 Å². The number of carbonyl (C=O) groups excluding carboxylic acids is 2. The summed E-state index contributed by atoms with van der Waals surface area (Å²) in [5.41, 5.74) is 4.46. The highest BCUT2D eigenvalue weighted by atomic mass is 16.5. The van der Waals surface area contributed by atoms with Crippen LogP contribution in [-0.2, 0) is 9.59 Å². The van der Waals surface area contributed by atoms with Crippen molar-refractivity contribution in [2.24, 2.45) is 5.92 Å². The number of methoxy groups -OCH3 is 2. The molecule has 2 amide bonds. The van der Waals surface area contributed by atoms with E-state index in [1.165, 1.54) is 12.0 Å². The van der Waals surface area contributed by atoms with Gasteiger partial charge in [0.05, 0.1) is 25.5 Å². The number of benzene rings is 2. The first kappa shape index (κ1) is 21.9. The summed E-state index contributed by atoms with van der Waals surface area (Å²) >= 11 is 0. The van der Waals surface area contributed by atoms with Gasteiger partial charge in [-0.3, -0.25) is 9.59 Å². The van der Waals surface area contributed by atoms with Crippen LogP contribution in [0.5, 0.6) is 11.5 Å². The SMILES string of the molecule is COc1ccc(N2C(=O)C(c3ccc(C)c(C)c3)=C(N3CCCC(C)C3)C2=O)cc1OC. The predicted octanol–water partition coefficient (Wildman–Crippen LogP) is 4.34. The molecular formula is C26H30N2O4. The molecule has 32 heavy (non-hydrogen) atoms. The molecule has 6 nitrogen and oxygen atoms in total. The minimum Gasteiger partial charge on any atom is -0.493 e. The van der Waals surface area contributed by atoms with E-state index in [-0.39, 0.29) is 11.8 Å². The van der Waals surface area contributed by atoms with Crippen molar-refractivity contribution >= 4 is 23.1 Å². The molecule has 2 heterocycles. The monoisotopic (exact) mass is 434 g/mol. The van der Waals surface area contributed by atoms with E-state index in [0.29, 0.717) is 34.4 Å². The number of hydrogen-bond donors (Lipinski definition) is 0. The summed E-state index contributed by atoms with van der Waals surface area (Å²) in [6, 6.07) is 11.1. The minimum atomic E-state index is -0.307. The van der Waals surface area contributed by atoms with Gasteiger partial charge in [-0.25, -0.2) is 4.90 Å². The van der Waals surface area contributed by atoms with Crippen molar-refractivity contribution in [1.29, 1.82) is 0 Å². The van der Waals surface area contributed by atoms with Gasteiger partial charge in [-0.15, -0.1) is 0 Å². The Morgan fingerprint density at radius 1 is 0.906 bits per heavy atom. The maximum atomic E-state index is 13.8. The third-order valence-electron chi connectivity index (χ3n) is 6.45. The van der Waals surface area contributed by atoms with Crippen molar-refractivity contribution in [3.8, 4) is 11.5 Å². The lowest BCUT2D eigenvalue weighted by Gasteiger charge is -2.33. The number of hydrogen-bond acceptors (Lipinski definition) is 5. The van der Waals surface area contributed by atoms with Gasteiger partial charge >= 0.3 is 0 Å². The summed E-state index contributed by atoms with van der Waals surface area (Å²) in [6.45, 7) is 7.79. The lowest BCUT2D eigenvalue weighted by Crippen LogP contribution is -2.39. The van der Waals surface area contributed by atoms with Crippen LogP contribution in [0.4, 0.5) is 5.69 Å². The molecule has 2 aromatic carbocycles. The summed E-state index contributed by atoms with van der Waals surface area (Å²) in [5, 5.41) is 0. The first-order chi connectivity index (χ1) is 15.3. The van der Waals surface area contributed by atoms with Crippen LogP contribution in [0.1, 0.15) is 36.5 Å². The second-order valence-electron chi connectivity index (χ2n) is 8.70. The van der Waals surface area contributed by atoms with Crippen LogP contribution in [0.25, 0.3) is 5.57 Å². The Hall–Kier alpha value is -3.28. The second kappa shape index (κ2) is 8.69. The smallest absolute Gasteiger partial charge is 0.282 e. The van der Waals surface area contributed by atoms with E-state index < -0.39 is 0 Å².